The van der Waals surface area contributed by atoms with Crippen molar-refractivity contribution in [3.8, 4) is 5.75 Å². The number of carbonyl (C=O) groups excluding carboxylic acids is 1. The summed E-state index contributed by atoms with van der Waals surface area (Å²) in [6.07, 6.45) is 13.9. The number of epoxide rings is 1. The molecule has 3 unspecified atom stereocenters. The fourth-order valence-electron chi connectivity index (χ4n) is 11.9. The number of aliphatic carboxylic acids is 1. The third-order valence-electron chi connectivity index (χ3n) is 14.2. The van der Waals surface area contributed by atoms with Crippen molar-refractivity contribution in [2.24, 2.45) is 46.3 Å². The summed E-state index contributed by atoms with van der Waals surface area (Å²) in [5.74, 6) is 3.66. The van der Waals surface area contributed by atoms with Gasteiger partial charge in [0, 0.05) is 24.3 Å². The number of benzene rings is 1. The van der Waals surface area contributed by atoms with Crippen LogP contribution in [0.15, 0.2) is 24.3 Å². The molecule has 0 radical (unpaired) electrons. The number of phenolic OH excluding ortho intramolecular Hbond substituents is 1. The van der Waals surface area contributed by atoms with E-state index in [4.69, 9.17) is 4.74 Å². The van der Waals surface area contributed by atoms with Crippen molar-refractivity contribution in [3.63, 3.8) is 0 Å². The quantitative estimate of drug-likeness (QED) is 0.243. The molecule has 2 N–H and O–H groups in total. The molecule has 4 saturated carbocycles. The zero-order valence-corrected chi connectivity index (χ0v) is 28.8. The molecule has 45 heavy (non-hydrogen) atoms. The topological polar surface area (TPSA) is 90.4 Å². The summed E-state index contributed by atoms with van der Waals surface area (Å²) in [6, 6.07) is 5.61. The number of carboxylic acids is 1. The summed E-state index contributed by atoms with van der Waals surface area (Å²) in [6.45, 7) is 14.2. The first-order valence-electron chi connectivity index (χ1n) is 18.3. The second-order valence-corrected chi connectivity index (χ2v) is 16.8. The second-order valence-electron chi connectivity index (χ2n) is 16.8. The van der Waals surface area contributed by atoms with E-state index < -0.39 is 12.0 Å². The average Bonchev–Trinajstić information content (AvgIpc) is 3.58. The van der Waals surface area contributed by atoms with Crippen LogP contribution in [0.1, 0.15) is 124 Å². The Morgan fingerprint density at radius 3 is 2.40 bits per heavy atom. The van der Waals surface area contributed by atoms with Crippen molar-refractivity contribution >= 4 is 11.9 Å². The van der Waals surface area contributed by atoms with Gasteiger partial charge in [-0.2, -0.15) is 0 Å². The van der Waals surface area contributed by atoms with E-state index in [2.05, 4.69) is 34.6 Å². The maximum absolute atomic E-state index is 13.5. The number of hydrogen-bond acceptors (Lipinski definition) is 4. The number of ether oxygens (including phenoxy) is 1. The fraction of sp³-hybridized carbons (Fsp3) is 0.795. The summed E-state index contributed by atoms with van der Waals surface area (Å²) in [4.78, 5) is 28.0. The van der Waals surface area contributed by atoms with Crippen LogP contribution in [0.4, 0.5) is 0 Å². The van der Waals surface area contributed by atoms with Crippen LogP contribution < -0.4 is 0 Å². The molecule has 11 atom stereocenters. The maximum Gasteiger partial charge on any atom is 0.326 e. The van der Waals surface area contributed by atoms with Crippen molar-refractivity contribution in [1.29, 1.82) is 0 Å². The van der Waals surface area contributed by atoms with Crippen molar-refractivity contribution in [2.45, 2.75) is 149 Å². The second kappa shape index (κ2) is 12.2. The Labute approximate surface area is 271 Å². The van der Waals surface area contributed by atoms with Crippen molar-refractivity contribution < 1.29 is 24.5 Å². The molecule has 6 rings (SSSR count). The third kappa shape index (κ3) is 5.53. The molecule has 1 spiro atoms. The first kappa shape index (κ1) is 32.8. The van der Waals surface area contributed by atoms with Gasteiger partial charge in [0.15, 0.2) is 0 Å². The normalized spacial score (nSPS) is 39.6. The number of carboxylic acid groups (broad SMARTS) is 1. The van der Waals surface area contributed by atoms with E-state index in [0.717, 1.165) is 54.9 Å². The largest absolute Gasteiger partial charge is 0.508 e. The van der Waals surface area contributed by atoms with E-state index in [-0.39, 0.29) is 47.7 Å². The molecule has 4 aliphatic carbocycles. The van der Waals surface area contributed by atoms with Gasteiger partial charge in [-0.05, 0) is 110 Å². The number of hydrogen-bond donors (Lipinski definition) is 2. The zero-order valence-electron chi connectivity index (χ0n) is 28.8. The van der Waals surface area contributed by atoms with Crippen LogP contribution >= 0.6 is 0 Å². The minimum Gasteiger partial charge on any atom is -0.508 e. The van der Waals surface area contributed by atoms with Crippen molar-refractivity contribution in [1.82, 2.24) is 4.90 Å². The Balaban J connectivity index is 1.19. The molecule has 5 aliphatic rings. The zero-order chi connectivity index (χ0) is 32.3. The molecule has 0 aromatic heterocycles. The fourth-order valence-corrected chi connectivity index (χ4v) is 11.9. The molecular weight excluding hydrogens is 562 g/mol. The van der Waals surface area contributed by atoms with Gasteiger partial charge >= 0.3 is 5.97 Å². The minimum atomic E-state index is -0.964. The summed E-state index contributed by atoms with van der Waals surface area (Å²) >= 11 is 0. The van der Waals surface area contributed by atoms with Crippen LogP contribution in [0, 0.1) is 46.3 Å². The average molecular weight is 622 g/mol. The minimum absolute atomic E-state index is 0.0794. The van der Waals surface area contributed by atoms with E-state index in [0.29, 0.717) is 17.3 Å². The van der Waals surface area contributed by atoms with E-state index in [1.165, 1.54) is 44.9 Å². The smallest absolute Gasteiger partial charge is 0.326 e. The van der Waals surface area contributed by atoms with E-state index >= 15 is 0 Å². The Kier molecular flexibility index (Phi) is 8.89. The number of rotatable bonds is 11. The van der Waals surface area contributed by atoms with Crippen molar-refractivity contribution in [2.75, 3.05) is 0 Å². The van der Waals surface area contributed by atoms with Crippen LogP contribution in [0.25, 0.3) is 0 Å². The van der Waals surface area contributed by atoms with Crippen LogP contribution in [0.2, 0.25) is 0 Å². The number of carbonyl (C=O) groups is 2. The van der Waals surface area contributed by atoms with Gasteiger partial charge in [-0.15, -0.1) is 0 Å². The van der Waals surface area contributed by atoms with Gasteiger partial charge in [-0.3, -0.25) is 4.79 Å². The van der Waals surface area contributed by atoms with E-state index in [9.17, 15) is 19.8 Å². The van der Waals surface area contributed by atoms with Crippen LogP contribution in [0.5, 0.6) is 5.75 Å². The van der Waals surface area contributed by atoms with E-state index in [1.807, 2.05) is 6.92 Å². The predicted molar refractivity (Wildman–Crippen MR) is 177 cm³/mol. The highest BCUT2D eigenvalue weighted by Crippen LogP contribution is 2.74. The van der Waals surface area contributed by atoms with Crippen LogP contribution in [-0.4, -0.2) is 50.8 Å². The number of phenols is 1. The molecule has 0 bridgehead atoms. The molecule has 5 fully saturated rings. The van der Waals surface area contributed by atoms with Gasteiger partial charge in [0.1, 0.15) is 17.4 Å². The molecule has 1 heterocycles. The summed E-state index contributed by atoms with van der Waals surface area (Å²) in [5.41, 5.74) is 1.09. The Bertz CT molecular complexity index is 1250. The number of fused-ring (bicyclic) bond motifs is 4. The maximum atomic E-state index is 13.5. The SMILES string of the molecule is CCC(=O)N(C(Cc1ccc(O)cc1)C(=O)O)[C@H]1CC[C@]2(C)[C@H]3CC[C@]4(C)[C@@H](C(C)CCCC(C)C)CC[C@H]4[C@@H]3C[C@@H]3OC32C1. The van der Waals surface area contributed by atoms with Gasteiger partial charge in [0.2, 0.25) is 5.91 Å². The predicted octanol–water partition coefficient (Wildman–Crippen LogP) is 8.25. The van der Waals surface area contributed by atoms with Crippen LogP contribution in [0.3, 0.4) is 0 Å². The number of aromatic hydroxyl groups is 1. The van der Waals surface area contributed by atoms with Crippen molar-refractivity contribution in [3.05, 3.63) is 29.8 Å². The van der Waals surface area contributed by atoms with Gasteiger partial charge in [-0.25, -0.2) is 4.79 Å². The van der Waals surface area contributed by atoms with Gasteiger partial charge in [-0.1, -0.05) is 72.9 Å². The lowest BCUT2D eigenvalue weighted by Crippen LogP contribution is -2.62. The van der Waals surface area contributed by atoms with Gasteiger partial charge < -0.3 is 19.8 Å². The van der Waals surface area contributed by atoms with E-state index in [1.54, 1.807) is 29.2 Å². The Hall–Kier alpha value is -2.08. The third-order valence-corrected chi connectivity index (χ3v) is 14.2. The molecule has 1 amide bonds. The first-order chi connectivity index (χ1) is 21.3. The number of nitrogens with zero attached hydrogens (tertiary/aromatic N) is 1. The number of amides is 1. The molecule has 250 valence electrons. The standard InChI is InChI=1S/C39H59NO5/c1-7-35(42)40(33(36(43)44)21-26-11-13-28(41)14-12-26)27-17-20-38(6)32-18-19-37(5)30(25(4)10-8-9-24(2)3)15-16-31(37)29(32)22-34-39(38,23-27)45-34/h11-14,24-25,27,29-34,41H,7-10,15-23H2,1-6H3,(H,43,44)/t25?,27-,29-,30+,31-,32-,33?,34-,37+,38+,39?/m0/s1. The highest BCUT2D eigenvalue weighted by Gasteiger charge is 2.76. The summed E-state index contributed by atoms with van der Waals surface area (Å²) in [7, 11) is 0. The molecule has 1 aliphatic heterocycles. The summed E-state index contributed by atoms with van der Waals surface area (Å²) in [5, 5.41) is 20.2. The Morgan fingerprint density at radius 1 is 1.00 bits per heavy atom. The highest BCUT2D eigenvalue weighted by molar-refractivity contribution is 5.84. The monoisotopic (exact) mass is 621 g/mol. The van der Waals surface area contributed by atoms with Gasteiger partial charge in [0.25, 0.3) is 0 Å². The van der Waals surface area contributed by atoms with Crippen LogP contribution in [-0.2, 0) is 20.7 Å². The lowest BCUT2D eigenvalue weighted by atomic mass is 9.44. The lowest BCUT2D eigenvalue weighted by molar-refractivity contribution is -0.157. The molecule has 6 nitrogen and oxygen atoms in total. The molecule has 1 aromatic carbocycles. The first-order valence-corrected chi connectivity index (χ1v) is 18.3. The molecular formula is C39H59NO5. The molecule has 1 aromatic rings. The molecule has 6 heteroatoms. The highest BCUT2D eigenvalue weighted by atomic mass is 16.6. The van der Waals surface area contributed by atoms with Gasteiger partial charge in [0.05, 0.1) is 6.10 Å². The Morgan fingerprint density at radius 2 is 1.73 bits per heavy atom. The summed E-state index contributed by atoms with van der Waals surface area (Å²) < 4.78 is 6.85. The lowest BCUT2D eigenvalue weighted by Gasteiger charge is -2.60. The molecule has 1 saturated heterocycles.